The molecule has 3 rings (SSSR count). The zero-order chi connectivity index (χ0) is 20.8. The Morgan fingerprint density at radius 3 is 2.72 bits per heavy atom. The van der Waals surface area contributed by atoms with Crippen molar-refractivity contribution in [2.75, 3.05) is 44.7 Å². The largest absolute Gasteiger partial charge is 0.495 e. The van der Waals surface area contributed by atoms with Crippen molar-refractivity contribution in [1.29, 1.82) is 0 Å². The normalized spacial score (nSPS) is 20.9. The van der Waals surface area contributed by atoms with Crippen LogP contribution < -0.4 is 15.0 Å². The summed E-state index contributed by atoms with van der Waals surface area (Å²) in [5.41, 5.74) is 1.81. The number of aryl methyl sites for hydroxylation is 1. The van der Waals surface area contributed by atoms with Crippen LogP contribution in [0.2, 0.25) is 0 Å². The summed E-state index contributed by atoms with van der Waals surface area (Å²) in [6.07, 6.45) is 4.94. The van der Waals surface area contributed by atoms with Crippen molar-refractivity contribution in [2.24, 2.45) is 11.8 Å². The minimum absolute atomic E-state index is 0.0146. The number of anilines is 1. The van der Waals surface area contributed by atoms with E-state index in [1.165, 1.54) is 25.9 Å². The van der Waals surface area contributed by atoms with Gasteiger partial charge in [0.15, 0.2) is 0 Å². The monoisotopic (exact) mass is 401 g/mol. The van der Waals surface area contributed by atoms with Crippen molar-refractivity contribution in [2.45, 2.75) is 46.0 Å². The first kappa shape index (κ1) is 21.6. The number of nitrogens with one attached hydrogen (secondary N) is 1. The quantitative estimate of drug-likeness (QED) is 0.681. The van der Waals surface area contributed by atoms with Crippen LogP contribution in [0.1, 0.15) is 44.6 Å². The predicted molar refractivity (Wildman–Crippen MR) is 115 cm³/mol. The van der Waals surface area contributed by atoms with Crippen LogP contribution in [0.4, 0.5) is 5.69 Å². The molecule has 2 fully saturated rings. The van der Waals surface area contributed by atoms with Gasteiger partial charge in [0.05, 0.1) is 18.7 Å². The number of amides is 2. The highest BCUT2D eigenvalue weighted by Gasteiger charge is 2.36. The second kappa shape index (κ2) is 10.1. The fourth-order valence-corrected chi connectivity index (χ4v) is 4.23. The molecule has 1 aromatic rings. The minimum atomic E-state index is -0.295. The first-order chi connectivity index (χ1) is 14.0. The van der Waals surface area contributed by atoms with Gasteiger partial charge in [-0.15, -0.1) is 0 Å². The molecule has 0 aromatic heterocycles. The highest BCUT2D eigenvalue weighted by Crippen LogP contribution is 2.33. The molecule has 6 nitrogen and oxygen atoms in total. The average molecular weight is 402 g/mol. The van der Waals surface area contributed by atoms with Gasteiger partial charge in [0.2, 0.25) is 11.8 Å². The smallest absolute Gasteiger partial charge is 0.227 e. The number of rotatable bonds is 8. The van der Waals surface area contributed by atoms with Crippen LogP contribution >= 0.6 is 0 Å². The molecule has 0 bridgehead atoms. The number of nitrogens with zero attached hydrogens (tertiary/aromatic N) is 2. The molecule has 2 heterocycles. The number of methoxy groups -OCH3 is 1. The van der Waals surface area contributed by atoms with Crippen molar-refractivity contribution < 1.29 is 14.3 Å². The summed E-state index contributed by atoms with van der Waals surface area (Å²) in [5.74, 6) is 1.19. The van der Waals surface area contributed by atoms with Crippen molar-refractivity contribution >= 4 is 17.5 Å². The van der Waals surface area contributed by atoms with E-state index < -0.39 is 0 Å². The lowest BCUT2D eigenvalue weighted by molar-refractivity contribution is -0.126. The summed E-state index contributed by atoms with van der Waals surface area (Å²) in [6, 6.07) is 5.77. The van der Waals surface area contributed by atoms with Gasteiger partial charge >= 0.3 is 0 Å². The second-order valence-electron chi connectivity index (χ2n) is 8.60. The number of benzene rings is 1. The molecular weight excluding hydrogens is 366 g/mol. The molecule has 2 amide bonds. The van der Waals surface area contributed by atoms with E-state index in [1.54, 1.807) is 12.0 Å². The molecule has 0 spiro atoms. The molecule has 1 unspecified atom stereocenters. The van der Waals surface area contributed by atoms with E-state index >= 15 is 0 Å². The Labute approximate surface area is 174 Å². The van der Waals surface area contributed by atoms with E-state index in [4.69, 9.17) is 4.74 Å². The highest BCUT2D eigenvalue weighted by molar-refractivity contribution is 6.01. The average Bonchev–Trinajstić information content (AvgIpc) is 3.10. The van der Waals surface area contributed by atoms with Gasteiger partial charge in [0, 0.05) is 19.5 Å². The Kier molecular flexibility index (Phi) is 7.53. The molecule has 0 radical (unpaired) electrons. The van der Waals surface area contributed by atoms with Gasteiger partial charge in [0.25, 0.3) is 0 Å². The van der Waals surface area contributed by atoms with Gasteiger partial charge in [-0.1, -0.05) is 13.0 Å². The maximum atomic E-state index is 12.6. The third kappa shape index (κ3) is 5.72. The summed E-state index contributed by atoms with van der Waals surface area (Å²) in [5, 5.41) is 3.03. The molecule has 0 saturated carbocycles. The SMILES string of the molecule is COc1ccc(C)cc1N1CC(C(=O)NCCCCN2CCC(C)CC2)CC1=O. The van der Waals surface area contributed by atoms with E-state index in [-0.39, 0.29) is 24.2 Å². The van der Waals surface area contributed by atoms with E-state index in [9.17, 15) is 9.59 Å². The summed E-state index contributed by atoms with van der Waals surface area (Å²) >= 11 is 0. The molecule has 1 aromatic carbocycles. The maximum absolute atomic E-state index is 12.6. The van der Waals surface area contributed by atoms with E-state index in [2.05, 4.69) is 17.1 Å². The number of ether oxygens (including phenoxy) is 1. The lowest BCUT2D eigenvalue weighted by Crippen LogP contribution is -2.35. The second-order valence-corrected chi connectivity index (χ2v) is 8.60. The zero-order valence-corrected chi connectivity index (χ0v) is 18.1. The van der Waals surface area contributed by atoms with E-state index in [1.807, 2.05) is 25.1 Å². The molecule has 2 aliphatic heterocycles. The van der Waals surface area contributed by atoms with Crippen LogP contribution in [0.25, 0.3) is 0 Å². The minimum Gasteiger partial charge on any atom is -0.495 e. The standard InChI is InChI=1S/C23H35N3O3/c1-17-8-12-25(13-9-17)11-5-4-10-24-23(28)19-15-22(27)26(16-19)20-14-18(2)6-7-21(20)29-3/h6-7,14,17,19H,4-5,8-13,15-16H2,1-3H3,(H,24,28). The molecule has 6 heteroatoms. The third-order valence-electron chi connectivity index (χ3n) is 6.20. The van der Waals surface area contributed by atoms with Crippen LogP contribution in [0, 0.1) is 18.8 Å². The molecular formula is C23H35N3O3. The topological polar surface area (TPSA) is 61.9 Å². The van der Waals surface area contributed by atoms with Gasteiger partial charge in [-0.3, -0.25) is 9.59 Å². The number of carbonyl (C=O) groups excluding carboxylic acids is 2. The highest BCUT2D eigenvalue weighted by atomic mass is 16.5. The Morgan fingerprint density at radius 2 is 2.00 bits per heavy atom. The van der Waals surface area contributed by atoms with Gasteiger partial charge in [-0.05, 0) is 75.9 Å². The Hall–Kier alpha value is -2.08. The molecule has 160 valence electrons. The van der Waals surface area contributed by atoms with Crippen molar-refractivity contribution in [3.05, 3.63) is 23.8 Å². The first-order valence-corrected chi connectivity index (χ1v) is 10.9. The number of likely N-dealkylation sites (tertiary alicyclic amines) is 1. The Bertz CT molecular complexity index is 713. The molecule has 0 aliphatic carbocycles. The van der Waals surface area contributed by atoms with Gasteiger partial charge < -0.3 is 19.9 Å². The van der Waals surface area contributed by atoms with Gasteiger partial charge in [-0.25, -0.2) is 0 Å². The number of hydrogen-bond acceptors (Lipinski definition) is 4. The number of carbonyl (C=O) groups is 2. The van der Waals surface area contributed by atoms with Crippen LogP contribution in [0.15, 0.2) is 18.2 Å². The number of hydrogen-bond donors (Lipinski definition) is 1. The Morgan fingerprint density at radius 1 is 1.24 bits per heavy atom. The molecule has 1 N–H and O–H groups in total. The van der Waals surface area contributed by atoms with E-state index in [0.717, 1.165) is 36.6 Å². The third-order valence-corrected chi connectivity index (χ3v) is 6.20. The maximum Gasteiger partial charge on any atom is 0.227 e. The van der Waals surface area contributed by atoms with Crippen LogP contribution in [0.5, 0.6) is 5.75 Å². The van der Waals surface area contributed by atoms with Gasteiger partial charge in [-0.2, -0.15) is 0 Å². The fourth-order valence-electron chi connectivity index (χ4n) is 4.23. The van der Waals surface area contributed by atoms with Crippen molar-refractivity contribution in [3.8, 4) is 5.75 Å². The molecule has 2 aliphatic rings. The zero-order valence-electron chi connectivity index (χ0n) is 18.1. The van der Waals surface area contributed by atoms with Gasteiger partial charge in [0.1, 0.15) is 5.75 Å². The molecule has 1 atom stereocenters. The van der Waals surface area contributed by atoms with Crippen LogP contribution in [-0.2, 0) is 9.59 Å². The summed E-state index contributed by atoms with van der Waals surface area (Å²) in [7, 11) is 1.60. The first-order valence-electron chi connectivity index (χ1n) is 10.9. The molecule has 2 saturated heterocycles. The van der Waals surface area contributed by atoms with Crippen molar-refractivity contribution in [1.82, 2.24) is 10.2 Å². The number of piperidine rings is 1. The van der Waals surface area contributed by atoms with Crippen LogP contribution in [-0.4, -0.2) is 56.5 Å². The number of unbranched alkanes of at least 4 members (excludes halogenated alkanes) is 1. The summed E-state index contributed by atoms with van der Waals surface area (Å²) in [4.78, 5) is 29.3. The fraction of sp³-hybridized carbons (Fsp3) is 0.652. The summed E-state index contributed by atoms with van der Waals surface area (Å²) in [6.45, 7) is 8.93. The predicted octanol–water partition coefficient (Wildman–Crippen LogP) is 2.98. The molecule has 29 heavy (non-hydrogen) atoms. The lowest BCUT2D eigenvalue weighted by atomic mass is 9.99. The van der Waals surface area contributed by atoms with E-state index in [0.29, 0.717) is 18.8 Å². The van der Waals surface area contributed by atoms with Crippen molar-refractivity contribution in [3.63, 3.8) is 0 Å². The van der Waals surface area contributed by atoms with Crippen LogP contribution in [0.3, 0.4) is 0 Å². The summed E-state index contributed by atoms with van der Waals surface area (Å²) < 4.78 is 5.41. The Balaban J connectivity index is 1.42. The lowest BCUT2D eigenvalue weighted by Gasteiger charge is -2.30.